The minimum absolute atomic E-state index is 0.00631. The van der Waals surface area contributed by atoms with Crippen LogP contribution in [0.15, 0.2) is 52.9 Å². The first-order valence-corrected chi connectivity index (χ1v) is 10.6. The minimum atomic E-state index is -3.65. The summed E-state index contributed by atoms with van der Waals surface area (Å²) in [6.45, 7) is -0.447. The van der Waals surface area contributed by atoms with Crippen molar-refractivity contribution in [1.82, 2.24) is 4.98 Å². The van der Waals surface area contributed by atoms with Gasteiger partial charge in [-0.15, -0.1) is 11.3 Å². The van der Waals surface area contributed by atoms with Crippen LogP contribution in [0.4, 0.5) is 0 Å². The van der Waals surface area contributed by atoms with Crippen LogP contribution >= 0.6 is 11.3 Å². The summed E-state index contributed by atoms with van der Waals surface area (Å²) in [5, 5.41) is 9.06. The first kappa shape index (κ1) is 19.3. The maximum Gasteiger partial charge on any atom is 0.210 e. The fourth-order valence-electron chi connectivity index (χ4n) is 2.52. The molecule has 6 nitrogen and oxygen atoms in total. The maximum atomic E-state index is 12.4. The molecule has 0 spiro atoms. The van der Waals surface area contributed by atoms with Crippen LogP contribution in [-0.4, -0.2) is 45.1 Å². The number of nitrogens with zero attached hydrogens (tertiary/aromatic N) is 1. The molecule has 0 saturated carbocycles. The van der Waals surface area contributed by atoms with Gasteiger partial charge in [0.25, 0.3) is 0 Å². The standard InChI is InChI=1S/C19H19NO5S2/c1-24-15-7-3-13(4-8-15)17-18(14-5-9-16(25-2)10-6-14)26-19(20-17)27(22,23)12-11-21/h3-10,21H,11-12H2,1-2H3. The summed E-state index contributed by atoms with van der Waals surface area (Å²) in [7, 11) is -0.475. The highest BCUT2D eigenvalue weighted by Crippen LogP contribution is 2.39. The van der Waals surface area contributed by atoms with Crippen molar-refractivity contribution < 1.29 is 23.0 Å². The summed E-state index contributed by atoms with van der Waals surface area (Å²) >= 11 is 1.10. The van der Waals surface area contributed by atoms with E-state index in [4.69, 9.17) is 14.6 Å². The van der Waals surface area contributed by atoms with Gasteiger partial charge in [-0.05, 0) is 54.1 Å². The number of thiazole rings is 1. The van der Waals surface area contributed by atoms with Crippen molar-refractivity contribution in [2.45, 2.75) is 4.34 Å². The number of aliphatic hydroxyl groups is 1. The molecule has 0 fully saturated rings. The van der Waals surface area contributed by atoms with Gasteiger partial charge in [0.15, 0.2) is 0 Å². The van der Waals surface area contributed by atoms with Crippen molar-refractivity contribution in [3.8, 4) is 33.2 Å². The van der Waals surface area contributed by atoms with Gasteiger partial charge in [-0.3, -0.25) is 0 Å². The van der Waals surface area contributed by atoms with Gasteiger partial charge in [0.05, 0.1) is 37.2 Å². The van der Waals surface area contributed by atoms with Gasteiger partial charge in [0, 0.05) is 5.56 Å². The van der Waals surface area contributed by atoms with E-state index >= 15 is 0 Å². The Balaban J connectivity index is 2.14. The zero-order valence-corrected chi connectivity index (χ0v) is 16.5. The second-order valence-electron chi connectivity index (χ2n) is 5.66. The number of ether oxygens (including phenoxy) is 2. The predicted octanol–water partition coefficient (Wildman–Crippen LogP) is 3.26. The van der Waals surface area contributed by atoms with Crippen molar-refractivity contribution >= 4 is 21.2 Å². The molecule has 142 valence electrons. The summed E-state index contributed by atoms with van der Waals surface area (Å²) in [5.74, 6) is 1.06. The van der Waals surface area contributed by atoms with Gasteiger partial charge in [0.1, 0.15) is 11.5 Å². The third kappa shape index (κ3) is 4.13. The molecular formula is C19H19NO5S2. The summed E-state index contributed by atoms with van der Waals surface area (Å²) in [6, 6.07) is 14.6. The molecule has 0 atom stereocenters. The van der Waals surface area contributed by atoms with Crippen LogP contribution in [0.25, 0.3) is 21.7 Å². The number of benzene rings is 2. The lowest BCUT2D eigenvalue weighted by Crippen LogP contribution is -2.09. The van der Waals surface area contributed by atoms with Crippen molar-refractivity contribution in [2.24, 2.45) is 0 Å². The molecule has 3 rings (SSSR count). The Morgan fingerprint density at radius 1 is 0.926 bits per heavy atom. The van der Waals surface area contributed by atoms with Crippen LogP contribution in [0, 0.1) is 0 Å². The third-order valence-electron chi connectivity index (χ3n) is 3.95. The second-order valence-corrected chi connectivity index (χ2v) is 8.94. The third-order valence-corrected chi connectivity index (χ3v) is 7.20. The molecule has 8 heteroatoms. The van der Waals surface area contributed by atoms with Gasteiger partial charge in [-0.2, -0.15) is 0 Å². The average molecular weight is 405 g/mol. The van der Waals surface area contributed by atoms with Crippen LogP contribution in [0.2, 0.25) is 0 Å². The van der Waals surface area contributed by atoms with E-state index in [2.05, 4.69) is 4.98 Å². The second kappa shape index (κ2) is 8.08. The Hall–Kier alpha value is -2.42. The largest absolute Gasteiger partial charge is 0.497 e. The van der Waals surface area contributed by atoms with Gasteiger partial charge in [-0.25, -0.2) is 13.4 Å². The Morgan fingerprint density at radius 3 is 1.93 bits per heavy atom. The quantitative estimate of drug-likeness (QED) is 0.649. The Morgan fingerprint density at radius 2 is 1.44 bits per heavy atom. The summed E-state index contributed by atoms with van der Waals surface area (Å²) in [6.07, 6.45) is 0. The van der Waals surface area contributed by atoms with E-state index in [0.717, 1.165) is 27.3 Å². The number of aliphatic hydroxyl groups excluding tert-OH is 1. The zero-order chi connectivity index (χ0) is 19.4. The van der Waals surface area contributed by atoms with Crippen LogP contribution < -0.4 is 9.47 Å². The highest BCUT2D eigenvalue weighted by Gasteiger charge is 2.23. The highest BCUT2D eigenvalue weighted by molar-refractivity contribution is 7.93. The Labute approximate surface area is 162 Å². The smallest absolute Gasteiger partial charge is 0.210 e. The van der Waals surface area contributed by atoms with Crippen LogP contribution in [-0.2, 0) is 9.84 Å². The minimum Gasteiger partial charge on any atom is -0.497 e. The van der Waals surface area contributed by atoms with Crippen molar-refractivity contribution in [3.05, 3.63) is 48.5 Å². The normalized spacial score (nSPS) is 11.4. The van der Waals surface area contributed by atoms with Crippen LogP contribution in [0.3, 0.4) is 0 Å². The zero-order valence-electron chi connectivity index (χ0n) is 14.9. The molecule has 0 aliphatic rings. The molecule has 3 aromatic rings. The van der Waals surface area contributed by atoms with E-state index in [0.29, 0.717) is 17.2 Å². The monoisotopic (exact) mass is 405 g/mol. The lowest BCUT2D eigenvalue weighted by Gasteiger charge is -2.05. The number of hydrogen-bond donors (Lipinski definition) is 1. The fourth-order valence-corrected chi connectivity index (χ4v) is 5.00. The Bertz CT molecular complexity index is 944. The predicted molar refractivity (Wildman–Crippen MR) is 105 cm³/mol. The summed E-state index contributed by atoms with van der Waals surface area (Å²) < 4.78 is 35.2. The lowest BCUT2D eigenvalue weighted by atomic mass is 10.1. The van der Waals surface area contributed by atoms with Crippen LogP contribution in [0.1, 0.15) is 0 Å². The molecule has 0 unspecified atom stereocenters. The maximum absolute atomic E-state index is 12.4. The first-order chi connectivity index (χ1) is 13.0. The van der Waals surface area contributed by atoms with Crippen molar-refractivity contribution in [1.29, 1.82) is 0 Å². The molecule has 0 aliphatic heterocycles. The molecule has 0 saturated heterocycles. The van der Waals surface area contributed by atoms with Gasteiger partial charge >= 0.3 is 0 Å². The number of aromatic nitrogens is 1. The first-order valence-electron chi connectivity index (χ1n) is 8.12. The van der Waals surface area contributed by atoms with E-state index in [1.165, 1.54) is 0 Å². The van der Waals surface area contributed by atoms with Crippen molar-refractivity contribution in [2.75, 3.05) is 26.6 Å². The van der Waals surface area contributed by atoms with Gasteiger partial charge in [0.2, 0.25) is 14.2 Å². The molecule has 1 heterocycles. The lowest BCUT2D eigenvalue weighted by molar-refractivity contribution is 0.319. The molecule has 27 heavy (non-hydrogen) atoms. The van der Waals surface area contributed by atoms with Gasteiger partial charge in [-0.1, -0.05) is 0 Å². The SMILES string of the molecule is COc1ccc(-c2nc(S(=O)(=O)CCO)sc2-c2ccc(OC)cc2)cc1. The fraction of sp³-hybridized carbons (Fsp3) is 0.211. The molecule has 0 bridgehead atoms. The molecule has 0 amide bonds. The van der Waals surface area contributed by atoms with E-state index < -0.39 is 16.4 Å². The van der Waals surface area contributed by atoms with E-state index in [-0.39, 0.29) is 10.1 Å². The highest BCUT2D eigenvalue weighted by atomic mass is 32.2. The van der Waals surface area contributed by atoms with E-state index in [1.54, 1.807) is 26.4 Å². The molecular weight excluding hydrogens is 386 g/mol. The van der Waals surface area contributed by atoms with E-state index in [1.807, 2.05) is 36.4 Å². The number of rotatable bonds is 7. The topological polar surface area (TPSA) is 85.7 Å². The number of sulfone groups is 1. The van der Waals surface area contributed by atoms with E-state index in [9.17, 15) is 8.42 Å². The number of hydrogen-bond acceptors (Lipinski definition) is 7. The number of methoxy groups -OCH3 is 2. The molecule has 1 N–H and O–H groups in total. The molecule has 0 radical (unpaired) electrons. The molecule has 0 aliphatic carbocycles. The summed E-state index contributed by atoms with van der Waals surface area (Å²) in [4.78, 5) is 5.13. The van der Waals surface area contributed by atoms with Crippen LogP contribution in [0.5, 0.6) is 11.5 Å². The Kier molecular flexibility index (Phi) is 5.79. The molecule has 2 aromatic carbocycles. The van der Waals surface area contributed by atoms with Crippen molar-refractivity contribution in [3.63, 3.8) is 0 Å². The summed E-state index contributed by atoms with van der Waals surface area (Å²) in [5.41, 5.74) is 2.19. The van der Waals surface area contributed by atoms with Gasteiger partial charge < -0.3 is 14.6 Å². The molecule has 1 aromatic heterocycles. The average Bonchev–Trinajstić information content (AvgIpc) is 3.14.